The van der Waals surface area contributed by atoms with Crippen molar-refractivity contribution in [3.05, 3.63) is 36.0 Å². The van der Waals surface area contributed by atoms with Crippen LogP contribution in [-0.4, -0.2) is 10.1 Å². The van der Waals surface area contributed by atoms with E-state index >= 15 is 0 Å². The Morgan fingerprint density at radius 2 is 2.00 bits per heavy atom. The summed E-state index contributed by atoms with van der Waals surface area (Å²) in [7, 11) is 0. The first kappa shape index (κ1) is 8.83. The lowest BCUT2D eigenvalue weighted by Crippen LogP contribution is -1.95. The maximum absolute atomic E-state index is 12.6. The molecular weight excluding hydrogens is 185 g/mol. The summed E-state index contributed by atoms with van der Waals surface area (Å²) in [6, 6.07) is 5.85. The molecule has 0 saturated heterocycles. The van der Waals surface area contributed by atoms with Crippen LogP contribution < -0.4 is 5.73 Å². The van der Waals surface area contributed by atoms with E-state index in [1.54, 1.807) is 12.1 Å². The Morgan fingerprint density at radius 1 is 1.29 bits per heavy atom. The van der Waals surface area contributed by atoms with E-state index in [1.807, 2.05) is 0 Å². The van der Waals surface area contributed by atoms with Crippen LogP contribution in [0, 0.1) is 5.82 Å². The van der Waals surface area contributed by atoms with Crippen LogP contribution >= 0.6 is 0 Å². The van der Waals surface area contributed by atoms with Gasteiger partial charge in [-0.15, -0.1) is 0 Å². The molecule has 1 aromatic carbocycles. The first-order valence-corrected chi connectivity index (χ1v) is 4.08. The van der Waals surface area contributed by atoms with E-state index in [1.165, 1.54) is 12.1 Å². The van der Waals surface area contributed by atoms with E-state index in [0.717, 1.165) is 0 Å². The highest BCUT2D eigenvalue weighted by Crippen LogP contribution is 2.15. The van der Waals surface area contributed by atoms with Crippen LogP contribution in [0.25, 0.3) is 11.4 Å². The van der Waals surface area contributed by atoms with Crippen molar-refractivity contribution in [3.8, 4) is 11.4 Å². The van der Waals surface area contributed by atoms with Gasteiger partial charge in [0, 0.05) is 5.56 Å². The van der Waals surface area contributed by atoms with Crippen molar-refractivity contribution in [1.82, 2.24) is 10.1 Å². The zero-order valence-electron chi connectivity index (χ0n) is 7.27. The minimum Gasteiger partial charge on any atom is -0.338 e. The molecule has 0 aliphatic carbocycles. The van der Waals surface area contributed by atoms with E-state index < -0.39 is 0 Å². The van der Waals surface area contributed by atoms with Crippen molar-refractivity contribution in [2.24, 2.45) is 5.73 Å². The summed E-state index contributed by atoms with van der Waals surface area (Å²) in [5.74, 6) is 0.492. The Morgan fingerprint density at radius 3 is 2.57 bits per heavy atom. The second-order valence-electron chi connectivity index (χ2n) is 2.72. The van der Waals surface area contributed by atoms with Gasteiger partial charge >= 0.3 is 0 Å². The molecule has 0 atom stereocenters. The maximum atomic E-state index is 12.6. The Kier molecular flexibility index (Phi) is 2.24. The van der Waals surface area contributed by atoms with Crippen molar-refractivity contribution in [2.45, 2.75) is 6.54 Å². The van der Waals surface area contributed by atoms with E-state index in [0.29, 0.717) is 17.3 Å². The Balaban J connectivity index is 2.34. The monoisotopic (exact) mass is 193 g/mol. The van der Waals surface area contributed by atoms with Crippen LogP contribution in [0.5, 0.6) is 0 Å². The fourth-order valence-corrected chi connectivity index (χ4v) is 1.05. The first-order valence-electron chi connectivity index (χ1n) is 4.08. The van der Waals surface area contributed by atoms with Gasteiger partial charge in [-0.1, -0.05) is 5.16 Å². The van der Waals surface area contributed by atoms with Gasteiger partial charge in [-0.05, 0) is 24.3 Å². The molecule has 4 nitrogen and oxygen atoms in total. The molecule has 1 heterocycles. The van der Waals surface area contributed by atoms with Gasteiger partial charge in [0.1, 0.15) is 5.82 Å². The second kappa shape index (κ2) is 3.55. The molecule has 2 rings (SSSR count). The molecule has 5 heteroatoms. The van der Waals surface area contributed by atoms with Crippen LogP contribution in [0.3, 0.4) is 0 Å². The van der Waals surface area contributed by atoms with Gasteiger partial charge in [-0.3, -0.25) is 0 Å². The predicted molar refractivity (Wildman–Crippen MR) is 47.6 cm³/mol. The highest BCUT2D eigenvalue weighted by atomic mass is 19.1. The van der Waals surface area contributed by atoms with Crippen LogP contribution in [0.15, 0.2) is 28.8 Å². The summed E-state index contributed by atoms with van der Waals surface area (Å²) >= 11 is 0. The molecule has 2 N–H and O–H groups in total. The number of benzene rings is 1. The smallest absolute Gasteiger partial charge is 0.240 e. The van der Waals surface area contributed by atoms with Gasteiger partial charge in [-0.25, -0.2) is 4.39 Å². The SMILES string of the molecule is NCc1nc(-c2ccc(F)cc2)no1. The summed E-state index contributed by atoms with van der Waals surface area (Å²) in [4.78, 5) is 4.00. The molecular formula is C9H8FN3O. The van der Waals surface area contributed by atoms with E-state index in [-0.39, 0.29) is 12.4 Å². The number of rotatable bonds is 2. The van der Waals surface area contributed by atoms with Crippen LogP contribution in [0.4, 0.5) is 4.39 Å². The fourth-order valence-electron chi connectivity index (χ4n) is 1.05. The first-order chi connectivity index (χ1) is 6.79. The molecule has 0 unspecified atom stereocenters. The molecule has 2 aromatic rings. The number of nitrogens with zero attached hydrogens (tertiary/aromatic N) is 2. The summed E-state index contributed by atoms with van der Waals surface area (Å²) in [5.41, 5.74) is 6.01. The largest absolute Gasteiger partial charge is 0.338 e. The third-order valence-corrected chi connectivity index (χ3v) is 1.75. The van der Waals surface area contributed by atoms with Gasteiger partial charge in [0.25, 0.3) is 0 Å². The second-order valence-corrected chi connectivity index (χ2v) is 2.72. The number of halogens is 1. The van der Waals surface area contributed by atoms with Crippen molar-refractivity contribution in [3.63, 3.8) is 0 Å². The lowest BCUT2D eigenvalue weighted by molar-refractivity contribution is 0.380. The standard InChI is InChI=1S/C9H8FN3O/c10-7-3-1-6(2-4-7)9-12-8(5-11)14-13-9/h1-4H,5,11H2. The molecule has 0 amide bonds. The topological polar surface area (TPSA) is 64.9 Å². The zero-order valence-corrected chi connectivity index (χ0v) is 7.27. The molecule has 0 spiro atoms. The molecule has 72 valence electrons. The van der Waals surface area contributed by atoms with Gasteiger partial charge in [0.15, 0.2) is 0 Å². The van der Waals surface area contributed by atoms with Gasteiger partial charge in [0.2, 0.25) is 11.7 Å². The minimum atomic E-state index is -0.295. The Hall–Kier alpha value is -1.75. The summed E-state index contributed by atoms with van der Waals surface area (Å²) < 4.78 is 17.4. The lowest BCUT2D eigenvalue weighted by Gasteiger charge is -1.92. The molecule has 0 aliphatic heterocycles. The van der Waals surface area contributed by atoms with E-state index in [2.05, 4.69) is 10.1 Å². The molecule has 14 heavy (non-hydrogen) atoms. The highest BCUT2D eigenvalue weighted by Gasteiger charge is 2.06. The molecule has 0 radical (unpaired) electrons. The Bertz CT molecular complexity index is 424. The fraction of sp³-hybridized carbons (Fsp3) is 0.111. The van der Waals surface area contributed by atoms with Crippen LogP contribution in [0.2, 0.25) is 0 Å². The predicted octanol–water partition coefficient (Wildman–Crippen LogP) is 1.33. The number of nitrogens with two attached hydrogens (primary N) is 1. The average molecular weight is 193 g/mol. The third-order valence-electron chi connectivity index (χ3n) is 1.75. The quantitative estimate of drug-likeness (QED) is 0.781. The van der Waals surface area contributed by atoms with Gasteiger partial charge in [0.05, 0.1) is 6.54 Å². The molecule has 1 aromatic heterocycles. The lowest BCUT2D eigenvalue weighted by atomic mass is 10.2. The highest BCUT2D eigenvalue weighted by molar-refractivity contribution is 5.53. The Labute approximate surface area is 79.5 Å². The van der Waals surface area contributed by atoms with Crippen LogP contribution in [0.1, 0.15) is 5.89 Å². The molecule has 0 saturated carbocycles. The normalized spacial score (nSPS) is 10.4. The minimum absolute atomic E-state index is 0.203. The van der Waals surface area contributed by atoms with Crippen molar-refractivity contribution < 1.29 is 8.91 Å². The zero-order chi connectivity index (χ0) is 9.97. The number of hydrogen-bond donors (Lipinski definition) is 1. The van der Waals surface area contributed by atoms with Crippen molar-refractivity contribution in [2.75, 3.05) is 0 Å². The molecule has 0 fully saturated rings. The number of aromatic nitrogens is 2. The van der Waals surface area contributed by atoms with E-state index in [4.69, 9.17) is 10.3 Å². The summed E-state index contributed by atoms with van der Waals surface area (Å²) in [5, 5.41) is 3.70. The maximum Gasteiger partial charge on any atom is 0.240 e. The summed E-state index contributed by atoms with van der Waals surface area (Å²) in [6.45, 7) is 0.203. The summed E-state index contributed by atoms with van der Waals surface area (Å²) in [6.07, 6.45) is 0. The van der Waals surface area contributed by atoms with E-state index in [9.17, 15) is 4.39 Å². The molecule has 0 bridgehead atoms. The average Bonchev–Trinajstić information content (AvgIpc) is 2.67. The third kappa shape index (κ3) is 1.62. The number of hydrogen-bond acceptors (Lipinski definition) is 4. The van der Waals surface area contributed by atoms with Crippen molar-refractivity contribution in [1.29, 1.82) is 0 Å². The molecule has 0 aliphatic rings. The van der Waals surface area contributed by atoms with Crippen molar-refractivity contribution >= 4 is 0 Å². The van der Waals surface area contributed by atoms with Gasteiger partial charge in [-0.2, -0.15) is 4.98 Å². The van der Waals surface area contributed by atoms with Crippen LogP contribution in [-0.2, 0) is 6.54 Å². The van der Waals surface area contributed by atoms with Gasteiger partial charge < -0.3 is 10.3 Å².